The van der Waals surface area contributed by atoms with Crippen LogP contribution in [0, 0.1) is 13.8 Å². The molecule has 0 aliphatic heterocycles. The molecule has 0 bridgehead atoms. The van der Waals surface area contributed by atoms with Crippen molar-refractivity contribution in [2.45, 2.75) is 26.8 Å². The molecule has 33 heavy (non-hydrogen) atoms. The molecule has 0 aliphatic rings. The Morgan fingerprint density at radius 3 is 2.09 bits per heavy atom. The monoisotopic (exact) mass is 446 g/mol. The van der Waals surface area contributed by atoms with Gasteiger partial charge < -0.3 is 23.5 Å². The predicted molar refractivity (Wildman–Crippen MR) is 131 cm³/mol. The third kappa shape index (κ3) is 4.46. The maximum absolute atomic E-state index is 6.14. The van der Waals surface area contributed by atoms with Crippen LogP contribution in [-0.4, -0.2) is 37.5 Å². The van der Waals surface area contributed by atoms with Crippen molar-refractivity contribution in [2.75, 3.05) is 27.9 Å². The average molecular weight is 447 g/mol. The van der Waals surface area contributed by atoms with Gasteiger partial charge in [-0.15, -0.1) is 0 Å². The van der Waals surface area contributed by atoms with Gasteiger partial charge in [0.15, 0.2) is 11.5 Å². The normalized spacial score (nSPS) is 10.9. The summed E-state index contributed by atoms with van der Waals surface area (Å²) in [4.78, 5) is 4.92. The number of fused-ring (bicyclic) bond motifs is 1. The van der Waals surface area contributed by atoms with E-state index in [1.807, 2.05) is 30.3 Å². The zero-order chi connectivity index (χ0) is 23.4. The summed E-state index contributed by atoms with van der Waals surface area (Å²) < 4.78 is 25.0. The van der Waals surface area contributed by atoms with E-state index in [2.05, 4.69) is 42.7 Å². The summed E-state index contributed by atoms with van der Waals surface area (Å²) in [5, 5.41) is 0. The first kappa shape index (κ1) is 22.5. The van der Waals surface area contributed by atoms with Gasteiger partial charge in [0, 0.05) is 12.1 Å². The first-order valence-corrected chi connectivity index (χ1v) is 11.0. The molecule has 6 nitrogen and oxygen atoms in total. The van der Waals surface area contributed by atoms with E-state index in [-0.39, 0.29) is 0 Å². The number of aryl methyl sites for hydroxylation is 3. The highest BCUT2D eigenvalue weighted by molar-refractivity contribution is 5.81. The number of ether oxygens (including phenoxy) is 4. The summed E-state index contributed by atoms with van der Waals surface area (Å²) in [7, 11) is 4.84. The van der Waals surface area contributed by atoms with E-state index in [4.69, 9.17) is 23.9 Å². The van der Waals surface area contributed by atoms with Crippen LogP contribution in [0.2, 0.25) is 0 Å². The quantitative estimate of drug-likeness (QED) is 0.304. The van der Waals surface area contributed by atoms with Crippen LogP contribution in [0.3, 0.4) is 0 Å². The molecule has 4 aromatic rings. The lowest BCUT2D eigenvalue weighted by molar-refractivity contribution is 0.299. The van der Waals surface area contributed by atoms with E-state index in [0.717, 1.165) is 52.3 Å². The highest BCUT2D eigenvalue weighted by atomic mass is 16.5. The van der Waals surface area contributed by atoms with E-state index in [1.165, 1.54) is 0 Å². The molecule has 0 fully saturated rings. The Labute approximate surface area is 194 Å². The van der Waals surface area contributed by atoms with Gasteiger partial charge in [0.1, 0.15) is 11.6 Å². The molecule has 0 radical (unpaired) electrons. The van der Waals surface area contributed by atoms with Gasteiger partial charge in [-0.1, -0.05) is 30.3 Å². The highest BCUT2D eigenvalue weighted by Crippen LogP contribution is 2.41. The largest absolute Gasteiger partial charge is 0.493 e. The third-order valence-electron chi connectivity index (χ3n) is 5.76. The summed E-state index contributed by atoms with van der Waals surface area (Å²) >= 11 is 0. The fourth-order valence-corrected chi connectivity index (χ4v) is 4.16. The molecule has 0 unspecified atom stereocenters. The minimum atomic E-state index is 0.563. The number of para-hydroxylation sites is 3. The van der Waals surface area contributed by atoms with Gasteiger partial charge in [-0.3, -0.25) is 0 Å². The van der Waals surface area contributed by atoms with Gasteiger partial charge in [-0.2, -0.15) is 0 Å². The maximum atomic E-state index is 6.14. The predicted octanol–water partition coefficient (Wildman–Crippen LogP) is 5.82. The molecule has 0 saturated heterocycles. The summed E-state index contributed by atoms with van der Waals surface area (Å²) in [5.41, 5.74) is 5.23. The molecule has 0 aliphatic carbocycles. The lowest BCUT2D eigenvalue weighted by Crippen LogP contribution is -2.07. The van der Waals surface area contributed by atoms with E-state index >= 15 is 0 Å². The molecule has 0 amide bonds. The average Bonchev–Trinajstić information content (AvgIpc) is 3.20. The van der Waals surface area contributed by atoms with Crippen molar-refractivity contribution in [3.05, 3.63) is 65.7 Å². The first-order chi connectivity index (χ1) is 16.1. The van der Waals surface area contributed by atoms with Crippen LogP contribution in [0.4, 0.5) is 0 Å². The summed E-state index contributed by atoms with van der Waals surface area (Å²) in [6, 6.07) is 18.2. The van der Waals surface area contributed by atoms with Crippen LogP contribution in [-0.2, 0) is 6.54 Å². The highest BCUT2D eigenvalue weighted by Gasteiger charge is 2.19. The Bertz CT molecular complexity index is 1220. The minimum Gasteiger partial charge on any atom is -0.493 e. The van der Waals surface area contributed by atoms with Gasteiger partial charge in [0.25, 0.3) is 0 Å². The van der Waals surface area contributed by atoms with E-state index in [9.17, 15) is 0 Å². The summed E-state index contributed by atoms with van der Waals surface area (Å²) in [5.74, 6) is 3.58. The molecule has 4 rings (SSSR count). The second-order valence-electron chi connectivity index (χ2n) is 7.91. The van der Waals surface area contributed by atoms with Crippen molar-refractivity contribution in [2.24, 2.45) is 0 Å². The van der Waals surface area contributed by atoms with E-state index in [1.54, 1.807) is 21.3 Å². The van der Waals surface area contributed by atoms with Crippen LogP contribution in [0.15, 0.2) is 54.6 Å². The fraction of sp³-hybridized carbons (Fsp3) is 0.296. The number of rotatable bonds is 9. The van der Waals surface area contributed by atoms with Crippen molar-refractivity contribution in [1.29, 1.82) is 0 Å². The molecule has 1 heterocycles. The standard InChI is InChI=1S/C27H30N2O4/c1-18-10-8-11-19(2)25(18)33-15-9-14-29-22-13-7-6-12-21(22)28-27(29)20-16-23(30-3)26(32-5)24(17-20)31-4/h6-8,10-13,16-17H,9,14-15H2,1-5H3. The molecule has 3 aromatic carbocycles. The number of hydrogen-bond acceptors (Lipinski definition) is 5. The van der Waals surface area contributed by atoms with Gasteiger partial charge in [-0.05, 0) is 55.7 Å². The van der Waals surface area contributed by atoms with Crippen molar-refractivity contribution >= 4 is 11.0 Å². The van der Waals surface area contributed by atoms with Crippen molar-refractivity contribution in [1.82, 2.24) is 9.55 Å². The molecule has 172 valence electrons. The first-order valence-electron chi connectivity index (χ1n) is 11.0. The van der Waals surface area contributed by atoms with Gasteiger partial charge in [0.05, 0.1) is 39.0 Å². The maximum Gasteiger partial charge on any atom is 0.203 e. The van der Waals surface area contributed by atoms with Crippen LogP contribution in [0.25, 0.3) is 22.4 Å². The molecule has 0 saturated carbocycles. The number of methoxy groups -OCH3 is 3. The Hall–Kier alpha value is -3.67. The summed E-state index contributed by atoms with van der Waals surface area (Å²) in [6.45, 7) is 5.53. The second-order valence-corrected chi connectivity index (χ2v) is 7.91. The number of benzene rings is 3. The van der Waals surface area contributed by atoms with Crippen LogP contribution >= 0.6 is 0 Å². The smallest absolute Gasteiger partial charge is 0.203 e. The van der Waals surface area contributed by atoms with Crippen molar-refractivity contribution in [3.8, 4) is 34.4 Å². The van der Waals surface area contributed by atoms with Crippen LogP contribution < -0.4 is 18.9 Å². The minimum absolute atomic E-state index is 0.563. The molecule has 1 aromatic heterocycles. The molecule has 0 spiro atoms. The second kappa shape index (κ2) is 9.86. The molecular weight excluding hydrogens is 416 g/mol. The van der Waals surface area contributed by atoms with Gasteiger partial charge in [-0.25, -0.2) is 4.98 Å². The Morgan fingerprint density at radius 2 is 1.45 bits per heavy atom. The Kier molecular flexibility index (Phi) is 6.73. The zero-order valence-electron chi connectivity index (χ0n) is 19.8. The molecular formula is C27H30N2O4. The van der Waals surface area contributed by atoms with E-state index in [0.29, 0.717) is 23.9 Å². The van der Waals surface area contributed by atoms with Crippen molar-refractivity contribution < 1.29 is 18.9 Å². The lowest BCUT2D eigenvalue weighted by Gasteiger charge is -2.16. The molecule has 0 N–H and O–H groups in total. The number of hydrogen-bond donors (Lipinski definition) is 0. The lowest BCUT2D eigenvalue weighted by atomic mass is 10.1. The number of nitrogens with zero attached hydrogens (tertiary/aromatic N) is 2. The van der Waals surface area contributed by atoms with Crippen LogP contribution in [0.1, 0.15) is 17.5 Å². The number of imidazole rings is 1. The van der Waals surface area contributed by atoms with Crippen molar-refractivity contribution in [3.63, 3.8) is 0 Å². The summed E-state index contributed by atoms with van der Waals surface area (Å²) in [6.07, 6.45) is 0.839. The third-order valence-corrected chi connectivity index (χ3v) is 5.76. The SMILES string of the molecule is COc1cc(-c2nc3ccccc3n2CCCOc2c(C)cccc2C)cc(OC)c1OC. The van der Waals surface area contributed by atoms with Crippen LogP contribution in [0.5, 0.6) is 23.0 Å². The zero-order valence-corrected chi connectivity index (χ0v) is 19.8. The van der Waals surface area contributed by atoms with E-state index < -0.39 is 0 Å². The van der Waals surface area contributed by atoms with Gasteiger partial charge >= 0.3 is 0 Å². The topological polar surface area (TPSA) is 54.7 Å². The Morgan fingerprint density at radius 1 is 0.788 bits per heavy atom. The fourth-order valence-electron chi connectivity index (χ4n) is 4.16. The molecule has 6 heteroatoms. The Balaban J connectivity index is 1.65. The van der Waals surface area contributed by atoms with Gasteiger partial charge in [0.2, 0.25) is 5.75 Å². The number of aromatic nitrogens is 2. The molecule has 0 atom stereocenters.